The fourth-order valence-corrected chi connectivity index (χ4v) is 3.49. The maximum Gasteiger partial charge on any atom is 0.410 e. The number of likely N-dealkylation sites (tertiary alicyclic amines) is 1. The Morgan fingerprint density at radius 3 is 2.73 bits per heavy atom. The molecule has 0 bridgehead atoms. The molecule has 22 heavy (non-hydrogen) atoms. The van der Waals surface area contributed by atoms with Crippen molar-refractivity contribution in [1.82, 2.24) is 15.1 Å². The van der Waals surface area contributed by atoms with E-state index in [4.69, 9.17) is 4.74 Å². The molecule has 2 rings (SSSR count). The van der Waals surface area contributed by atoms with Gasteiger partial charge in [0.05, 0.1) is 16.5 Å². The lowest BCUT2D eigenvalue weighted by atomic mass is 10.2. The van der Waals surface area contributed by atoms with Crippen LogP contribution in [0.1, 0.15) is 32.9 Å². The molecule has 1 aromatic rings. The molecule has 122 valence electrons. The van der Waals surface area contributed by atoms with Gasteiger partial charge >= 0.3 is 6.09 Å². The molecule has 1 saturated heterocycles. The molecule has 1 aliphatic rings. The first kappa shape index (κ1) is 16.9. The molecule has 0 aromatic carbocycles. The van der Waals surface area contributed by atoms with E-state index in [-0.39, 0.29) is 12.0 Å². The van der Waals surface area contributed by atoms with Gasteiger partial charge in [0.25, 0.3) is 0 Å². The minimum atomic E-state index is -1.18. The van der Waals surface area contributed by atoms with Crippen molar-refractivity contribution in [3.8, 4) is 0 Å². The summed E-state index contributed by atoms with van der Waals surface area (Å²) < 4.78 is 17.7. The third-order valence-electron chi connectivity index (χ3n) is 3.33. The van der Waals surface area contributed by atoms with E-state index in [1.165, 1.54) is 0 Å². The molecule has 1 aliphatic heterocycles. The second-order valence-corrected chi connectivity index (χ2v) is 8.05. The van der Waals surface area contributed by atoms with Crippen molar-refractivity contribution >= 4 is 16.9 Å². The van der Waals surface area contributed by atoms with Gasteiger partial charge in [0.1, 0.15) is 10.6 Å². The number of rotatable bonds is 3. The highest BCUT2D eigenvalue weighted by molar-refractivity contribution is 7.84. The number of carbonyl (C=O) groups excluding carboxylic acids is 1. The average Bonchev–Trinajstić information content (AvgIpc) is 2.86. The summed E-state index contributed by atoms with van der Waals surface area (Å²) in [6.45, 7) is 8.63. The van der Waals surface area contributed by atoms with Crippen LogP contribution >= 0.6 is 0 Å². The molecule has 0 spiro atoms. The molecule has 1 aromatic heterocycles. The lowest BCUT2D eigenvalue weighted by Gasteiger charge is -2.24. The van der Waals surface area contributed by atoms with E-state index < -0.39 is 16.4 Å². The predicted octanol–water partition coefficient (Wildman–Crippen LogP) is 2.15. The highest BCUT2D eigenvalue weighted by Crippen LogP contribution is 2.21. The number of amides is 1. The predicted molar refractivity (Wildman–Crippen MR) is 84.0 cm³/mol. The normalized spacial score (nSPS) is 20.0. The van der Waals surface area contributed by atoms with E-state index in [0.29, 0.717) is 23.9 Å². The highest BCUT2D eigenvalue weighted by atomic mass is 32.2. The molecule has 2 heterocycles. The maximum absolute atomic E-state index is 12.3. The van der Waals surface area contributed by atoms with Gasteiger partial charge in [-0.05, 0) is 52.2 Å². The van der Waals surface area contributed by atoms with Gasteiger partial charge in [-0.2, -0.15) is 5.10 Å². The fourth-order valence-electron chi connectivity index (χ4n) is 2.27. The monoisotopic (exact) mass is 325 g/mol. The zero-order valence-electron chi connectivity index (χ0n) is 13.5. The summed E-state index contributed by atoms with van der Waals surface area (Å²) in [4.78, 5) is 13.7. The molecular weight excluding hydrogens is 302 g/mol. The summed E-state index contributed by atoms with van der Waals surface area (Å²) in [5, 5.41) is 8.40. The van der Waals surface area contributed by atoms with Crippen LogP contribution in [0.5, 0.6) is 0 Å². The lowest BCUT2D eigenvalue weighted by Crippen LogP contribution is -2.35. The van der Waals surface area contributed by atoms with Crippen molar-refractivity contribution in [1.29, 1.82) is 0 Å². The molecule has 0 radical (unpaired) electrons. The number of ether oxygens (including phenoxy) is 1. The Labute approximate surface area is 133 Å². The van der Waals surface area contributed by atoms with Gasteiger partial charge in [-0.3, -0.25) is 4.21 Å². The number of nitrogens with zero attached hydrogens (tertiary/aromatic N) is 3. The Morgan fingerprint density at radius 2 is 2.14 bits per heavy atom. The molecule has 7 heteroatoms. The van der Waals surface area contributed by atoms with Crippen molar-refractivity contribution in [2.45, 2.75) is 44.7 Å². The Morgan fingerprint density at radius 1 is 1.41 bits per heavy atom. The van der Waals surface area contributed by atoms with Gasteiger partial charge < -0.3 is 9.64 Å². The summed E-state index contributed by atoms with van der Waals surface area (Å²) >= 11 is 0. The van der Waals surface area contributed by atoms with Crippen LogP contribution in [0.4, 0.5) is 4.79 Å². The Kier molecular flexibility index (Phi) is 5.16. The van der Waals surface area contributed by atoms with E-state index in [9.17, 15) is 9.00 Å². The Balaban J connectivity index is 1.87. The quantitative estimate of drug-likeness (QED) is 0.851. The van der Waals surface area contributed by atoms with E-state index >= 15 is 0 Å². The standard InChI is InChI=1S/C15H23N3O3S/c1-11-5-6-13(17-16-11)22(20)10-12-7-8-18(9-12)14(19)21-15(2,3)4/h5-6,12H,7-10H2,1-4H3. The van der Waals surface area contributed by atoms with Crippen LogP contribution in [-0.4, -0.2) is 49.8 Å². The first-order valence-electron chi connectivity index (χ1n) is 7.41. The van der Waals surface area contributed by atoms with Gasteiger partial charge in [-0.25, -0.2) is 4.79 Å². The Hall–Kier alpha value is -1.50. The zero-order chi connectivity index (χ0) is 16.3. The highest BCUT2D eigenvalue weighted by Gasteiger charge is 2.30. The molecule has 1 fully saturated rings. The molecule has 0 saturated carbocycles. The second-order valence-electron chi connectivity index (χ2n) is 6.61. The zero-order valence-corrected chi connectivity index (χ0v) is 14.4. The number of hydrogen-bond acceptors (Lipinski definition) is 5. The Bertz CT molecular complexity index is 554. The number of carbonyl (C=O) groups is 1. The van der Waals surface area contributed by atoms with Gasteiger partial charge in [0.15, 0.2) is 0 Å². The number of hydrogen-bond donors (Lipinski definition) is 0. The van der Waals surface area contributed by atoms with Gasteiger partial charge in [0, 0.05) is 18.8 Å². The van der Waals surface area contributed by atoms with Crippen LogP contribution in [-0.2, 0) is 15.5 Å². The molecule has 1 amide bonds. The largest absolute Gasteiger partial charge is 0.444 e. The van der Waals surface area contributed by atoms with Crippen LogP contribution in [0, 0.1) is 12.8 Å². The van der Waals surface area contributed by atoms with Crippen molar-refractivity contribution in [3.63, 3.8) is 0 Å². The smallest absolute Gasteiger partial charge is 0.410 e. The summed E-state index contributed by atoms with van der Waals surface area (Å²) in [6, 6.07) is 3.56. The minimum Gasteiger partial charge on any atom is -0.444 e. The molecule has 0 aliphatic carbocycles. The lowest BCUT2D eigenvalue weighted by molar-refractivity contribution is 0.0289. The SMILES string of the molecule is Cc1ccc(S(=O)CC2CCN(C(=O)OC(C)(C)C)C2)nn1. The summed E-state index contributed by atoms with van der Waals surface area (Å²) in [7, 11) is -1.18. The average molecular weight is 325 g/mol. The molecule has 6 nitrogen and oxygen atoms in total. The van der Waals surface area contributed by atoms with Crippen LogP contribution in [0.2, 0.25) is 0 Å². The molecular formula is C15H23N3O3S. The summed E-state index contributed by atoms with van der Waals surface area (Å²) in [5.74, 6) is 0.702. The first-order valence-corrected chi connectivity index (χ1v) is 8.73. The molecule has 2 atom stereocenters. The van der Waals surface area contributed by atoms with Crippen LogP contribution in [0.3, 0.4) is 0 Å². The van der Waals surface area contributed by atoms with Crippen LogP contribution in [0.25, 0.3) is 0 Å². The fraction of sp³-hybridized carbons (Fsp3) is 0.667. The van der Waals surface area contributed by atoms with Crippen molar-refractivity contribution in [2.24, 2.45) is 5.92 Å². The van der Waals surface area contributed by atoms with E-state index in [0.717, 1.165) is 12.1 Å². The minimum absolute atomic E-state index is 0.205. The maximum atomic E-state index is 12.3. The second kappa shape index (κ2) is 6.73. The number of aryl methyl sites for hydroxylation is 1. The van der Waals surface area contributed by atoms with Gasteiger partial charge in [-0.15, -0.1) is 5.10 Å². The van der Waals surface area contributed by atoms with Crippen LogP contribution in [0.15, 0.2) is 17.2 Å². The topological polar surface area (TPSA) is 72.4 Å². The molecule has 0 N–H and O–H groups in total. The third kappa shape index (κ3) is 4.76. The summed E-state index contributed by atoms with van der Waals surface area (Å²) in [6.07, 6.45) is 0.542. The van der Waals surface area contributed by atoms with Crippen molar-refractivity contribution in [2.75, 3.05) is 18.8 Å². The van der Waals surface area contributed by atoms with Crippen molar-refractivity contribution in [3.05, 3.63) is 17.8 Å². The van der Waals surface area contributed by atoms with Gasteiger partial charge in [-0.1, -0.05) is 0 Å². The third-order valence-corrected chi connectivity index (χ3v) is 4.79. The van der Waals surface area contributed by atoms with Crippen LogP contribution < -0.4 is 0 Å². The number of aromatic nitrogens is 2. The summed E-state index contributed by atoms with van der Waals surface area (Å²) in [5.41, 5.74) is 0.313. The van der Waals surface area contributed by atoms with E-state index in [1.807, 2.05) is 33.8 Å². The van der Waals surface area contributed by atoms with E-state index in [1.54, 1.807) is 11.0 Å². The van der Waals surface area contributed by atoms with Crippen molar-refractivity contribution < 1.29 is 13.7 Å². The van der Waals surface area contributed by atoms with Gasteiger partial charge in [0.2, 0.25) is 0 Å². The first-order chi connectivity index (χ1) is 10.2. The van der Waals surface area contributed by atoms with E-state index in [2.05, 4.69) is 10.2 Å². The molecule has 2 unspecified atom stereocenters.